The van der Waals surface area contributed by atoms with Crippen LogP contribution in [0.5, 0.6) is 0 Å². The van der Waals surface area contributed by atoms with Crippen LogP contribution < -0.4 is 10.5 Å². The lowest BCUT2D eigenvalue weighted by Crippen LogP contribution is -2.46. The molecule has 1 fully saturated rings. The van der Waals surface area contributed by atoms with Gasteiger partial charge in [-0.3, -0.25) is 9.88 Å². The fraction of sp³-hybridized carbons (Fsp3) is 0.381. The summed E-state index contributed by atoms with van der Waals surface area (Å²) < 4.78 is 5.49. The molecule has 0 amide bonds. The second-order valence-electron chi connectivity index (χ2n) is 7.39. The predicted octanol–water partition coefficient (Wildman–Crippen LogP) is 2.39. The van der Waals surface area contributed by atoms with E-state index in [1.807, 2.05) is 6.20 Å². The molecule has 0 saturated carbocycles. The van der Waals surface area contributed by atoms with E-state index in [0.29, 0.717) is 0 Å². The second-order valence-corrected chi connectivity index (χ2v) is 7.39. The summed E-state index contributed by atoms with van der Waals surface area (Å²) >= 11 is 0. The maximum atomic E-state index is 12.1. The number of aromatic nitrogens is 2. The van der Waals surface area contributed by atoms with Gasteiger partial charge in [0.15, 0.2) is 0 Å². The van der Waals surface area contributed by atoms with Crippen molar-refractivity contribution in [2.24, 2.45) is 0 Å². The largest absolute Gasteiger partial charge is 0.423 e. The first-order valence-corrected chi connectivity index (χ1v) is 9.58. The summed E-state index contributed by atoms with van der Waals surface area (Å²) in [6.07, 6.45) is 8.64. The zero-order valence-corrected chi connectivity index (χ0v) is 15.2. The zero-order valence-electron chi connectivity index (χ0n) is 15.2. The molecule has 3 heterocycles. The van der Waals surface area contributed by atoms with Crippen LogP contribution in [0.3, 0.4) is 0 Å². The third kappa shape index (κ3) is 3.21. The number of hydrogen-bond acceptors (Lipinski definition) is 6. The van der Waals surface area contributed by atoms with Gasteiger partial charge in [-0.2, -0.15) is 0 Å². The molecule has 1 aliphatic heterocycles. The smallest absolute Gasteiger partial charge is 0.336 e. The van der Waals surface area contributed by atoms with Crippen molar-refractivity contribution in [1.29, 1.82) is 0 Å². The summed E-state index contributed by atoms with van der Waals surface area (Å²) in [7, 11) is 0. The standard InChI is InChI=1S/C21H22N4O2/c26-21-12-17(18-10-15-2-1-3-16(15)11-19(18)27-21)14-24-6-8-25(9-7-24)20-13-22-4-5-23-20/h4-5,10-13H,1-3,6-9,14H2. The average molecular weight is 362 g/mol. The Morgan fingerprint density at radius 3 is 2.59 bits per heavy atom. The molecular formula is C21H22N4O2. The lowest BCUT2D eigenvalue weighted by Gasteiger charge is -2.35. The second kappa shape index (κ2) is 6.78. The van der Waals surface area contributed by atoms with Crippen molar-refractivity contribution in [2.75, 3.05) is 31.1 Å². The van der Waals surface area contributed by atoms with Gasteiger partial charge in [-0.1, -0.05) is 0 Å². The molecule has 6 nitrogen and oxygen atoms in total. The van der Waals surface area contributed by atoms with Crippen molar-refractivity contribution in [2.45, 2.75) is 25.8 Å². The van der Waals surface area contributed by atoms with Gasteiger partial charge in [0.2, 0.25) is 0 Å². The predicted molar refractivity (Wildman–Crippen MR) is 104 cm³/mol. The van der Waals surface area contributed by atoms with Crippen molar-refractivity contribution in [3.63, 3.8) is 0 Å². The van der Waals surface area contributed by atoms with Crippen LogP contribution in [-0.2, 0) is 19.4 Å². The van der Waals surface area contributed by atoms with Gasteiger partial charge in [0.25, 0.3) is 0 Å². The van der Waals surface area contributed by atoms with Crippen LogP contribution in [0.15, 0.2) is 46.0 Å². The number of fused-ring (bicyclic) bond motifs is 2. The van der Waals surface area contributed by atoms with Crippen LogP contribution in [-0.4, -0.2) is 41.0 Å². The van der Waals surface area contributed by atoms with E-state index in [1.165, 1.54) is 17.5 Å². The Morgan fingerprint density at radius 2 is 1.81 bits per heavy atom. The number of aryl methyl sites for hydroxylation is 2. The molecule has 138 valence electrons. The number of anilines is 1. The highest BCUT2D eigenvalue weighted by molar-refractivity contribution is 5.82. The summed E-state index contributed by atoms with van der Waals surface area (Å²) in [5.74, 6) is 0.929. The van der Waals surface area contributed by atoms with Crippen molar-refractivity contribution in [3.8, 4) is 0 Å². The molecule has 27 heavy (non-hydrogen) atoms. The summed E-state index contributed by atoms with van der Waals surface area (Å²) in [6, 6.07) is 5.99. The van der Waals surface area contributed by atoms with Crippen LogP contribution in [0.2, 0.25) is 0 Å². The molecular weight excluding hydrogens is 340 g/mol. The van der Waals surface area contributed by atoms with Crippen molar-refractivity contribution in [3.05, 3.63) is 63.9 Å². The van der Waals surface area contributed by atoms with Crippen LogP contribution in [0.1, 0.15) is 23.1 Å². The summed E-state index contributed by atoms with van der Waals surface area (Å²) in [4.78, 5) is 25.3. The highest BCUT2D eigenvalue weighted by Crippen LogP contribution is 2.29. The molecule has 6 heteroatoms. The van der Waals surface area contributed by atoms with Gasteiger partial charge >= 0.3 is 5.63 Å². The lowest BCUT2D eigenvalue weighted by atomic mass is 10.0. The van der Waals surface area contributed by atoms with Gasteiger partial charge < -0.3 is 9.32 Å². The first kappa shape index (κ1) is 16.4. The molecule has 1 aliphatic carbocycles. The van der Waals surface area contributed by atoms with Gasteiger partial charge in [0.05, 0.1) is 6.20 Å². The van der Waals surface area contributed by atoms with Gasteiger partial charge in [-0.25, -0.2) is 9.78 Å². The normalized spacial score (nSPS) is 17.4. The Morgan fingerprint density at radius 1 is 1.00 bits per heavy atom. The SMILES string of the molecule is O=c1cc(CN2CCN(c3cnccn3)CC2)c2cc3c(cc2o1)CCC3. The summed E-state index contributed by atoms with van der Waals surface area (Å²) in [5.41, 5.74) is 4.29. The average Bonchev–Trinajstić information content (AvgIpc) is 3.15. The van der Waals surface area contributed by atoms with Crippen molar-refractivity contribution in [1.82, 2.24) is 14.9 Å². The van der Waals surface area contributed by atoms with E-state index in [0.717, 1.165) is 67.9 Å². The molecule has 0 bridgehead atoms. The highest BCUT2D eigenvalue weighted by Gasteiger charge is 2.20. The molecule has 2 aliphatic rings. The topological polar surface area (TPSA) is 62.5 Å². The quantitative estimate of drug-likeness (QED) is 0.667. The Kier molecular flexibility index (Phi) is 4.13. The Hall–Kier alpha value is -2.73. The maximum absolute atomic E-state index is 12.1. The molecule has 5 rings (SSSR count). The zero-order chi connectivity index (χ0) is 18.2. The lowest BCUT2D eigenvalue weighted by molar-refractivity contribution is 0.249. The molecule has 0 unspecified atom stereocenters. The molecule has 1 aromatic carbocycles. The molecule has 2 aromatic heterocycles. The van der Waals surface area contributed by atoms with E-state index in [9.17, 15) is 4.79 Å². The number of rotatable bonds is 3. The Balaban J connectivity index is 1.37. The van der Waals surface area contributed by atoms with Crippen LogP contribution in [0.25, 0.3) is 11.0 Å². The van der Waals surface area contributed by atoms with Gasteiger partial charge in [-0.05, 0) is 48.1 Å². The minimum absolute atomic E-state index is 0.256. The first-order chi connectivity index (χ1) is 13.3. The van der Waals surface area contributed by atoms with Crippen LogP contribution >= 0.6 is 0 Å². The minimum atomic E-state index is -0.256. The van der Waals surface area contributed by atoms with E-state index >= 15 is 0 Å². The maximum Gasteiger partial charge on any atom is 0.336 e. The van der Waals surface area contributed by atoms with Gasteiger partial charge in [0, 0.05) is 56.6 Å². The fourth-order valence-electron chi connectivity index (χ4n) is 4.26. The molecule has 0 N–H and O–H groups in total. The summed E-state index contributed by atoms with van der Waals surface area (Å²) in [6.45, 7) is 4.46. The first-order valence-electron chi connectivity index (χ1n) is 9.58. The Bertz CT molecular complexity index is 1020. The van der Waals surface area contributed by atoms with E-state index in [4.69, 9.17) is 4.42 Å². The summed E-state index contributed by atoms with van der Waals surface area (Å²) in [5, 5.41) is 1.09. The van der Waals surface area contributed by atoms with E-state index in [2.05, 4.69) is 31.9 Å². The number of piperazine rings is 1. The number of nitrogens with zero attached hydrogens (tertiary/aromatic N) is 4. The number of benzene rings is 1. The molecule has 0 atom stereocenters. The molecule has 1 saturated heterocycles. The highest BCUT2D eigenvalue weighted by atomic mass is 16.4. The van der Waals surface area contributed by atoms with Crippen LogP contribution in [0, 0.1) is 0 Å². The van der Waals surface area contributed by atoms with Crippen molar-refractivity contribution >= 4 is 16.8 Å². The van der Waals surface area contributed by atoms with E-state index in [1.54, 1.807) is 18.5 Å². The third-order valence-electron chi connectivity index (χ3n) is 5.68. The Labute approximate surface area is 157 Å². The van der Waals surface area contributed by atoms with E-state index in [-0.39, 0.29) is 5.63 Å². The monoisotopic (exact) mass is 362 g/mol. The molecule has 3 aromatic rings. The third-order valence-corrected chi connectivity index (χ3v) is 5.68. The van der Waals surface area contributed by atoms with Crippen LogP contribution in [0.4, 0.5) is 5.82 Å². The van der Waals surface area contributed by atoms with E-state index < -0.39 is 0 Å². The van der Waals surface area contributed by atoms with Gasteiger partial charge in [0.1, 0.15) is 11.4 Å². The molecule has 0 spiro atoms. The minimum Gasteiger partial charge on any atom is -0.423 e. The van der Waals surface area contributed by atoms with Crippen molar-refractivity contribution < 1.29 is 4.42 Å². The fourth-order valence-corrected chi connectivity index (χ4v) is 4.26. The van der Waals surface area contributed by atoms with Gasteiger partial charge in [-0.15, -0.1) is 0 Å². The molecule has 0 radical (unpaired) electrons. The number of hydrogen-bond donors (Lipinski definition) is 0.